The van der Waals surface area contributed by atoms with Gasteiger partial charge < -0.3 is 25.3 Å². The fraction of sp³-hybridized carbons (Fsp3) is 0.455. The number of piperidine rings is 1. The van der Waals surface area contributed by atoms with E-state index in [-0.39, 0.29) is 18.3 Å². The number of pyridine rings is 1. The highest BCUT2D eigenvalue weighted by Gasteiger charge is 2.24. The average Bonchev–Trinajstić information content (AvgIpc) is 3.67. The fourth-order valence-electron chi connectivity index (χ4n) is 6.39. The highest BCUT2D eigenvalue weighted by molar-refractivity contribution is 7.92. The van der Waals surface area contributed by atoms with Gasteiger partial charge in [0, 0.05) is 23.7 Å². The summed E-state index contributed by atoms with van der Waals surface area (Å²) in [5.74, 6) is -0.000317. The van der Waals surface area contributed by atoms with Crippen molar-refractivity contribution in [3.63, 3.8) is 0 Å². The van der Waals surface area contributed by atoms with Gasteiger partial charge in [-0.2, -0.15) is 0 Å². The molecule has 2 aliphatic rings. The molecule has 0 aliphatic carbocycles. The molecule has 44 heavy (non-hydrogen) atoms. The van der Waals surface area contributed by atoms with Crippen LogP contribution in [0.1, 0.15) is 53.8 Å². The second-order valence-corrected chi connectivity index (χ2v) is 14.1. The molecule has 2 saturated heterocycles. The van der Waals surface area contributed by atoms with E-state index in [1.807, 2.05) is 59.2 Å². The lowest BCUT2D eigenvalue weighted by atomic mass is 9.98. The van der Waals surface area contributed by atoms with E-state index >= 15 is 0 Å². The van der Waals surface area contributed by atoms with Gasteiger partial charge in [-0.25, -0.2) is 18.2 Å². The van der Waals surface area contributed by atoms with Crippen molar-refractivity contribution in [1.82, 2.24) is 19.8 Å². The molecule has 0 unspecified atom stereocenters. The molecule has 2 aliphatic heterocycles. The largest absolute Gasteiger partial charge is 0.461 e. The quantitative estimate of drug-likeness (QED) is 0.214. The van der Waals surface area contributed by atoms with Crippen LogP contribution in [0.2, 0.25) is 0 Å². The van der Waals surface area contributed by atoms with E-state index in [0.717, 1.165) is 67.0 Å². The lowest BCUT2D eigenvalue weighted by Crippen LogP contribution is -2.32. The van der Waals surface area contributed by atoms with E-state index in [9.17, 15) is 13.2 Å². The number of nitrogens with zero attached hydrogens (tertiary/aromatic N) is 3. The van der Waals surface area contributed by atoms with Crippen molar-refractivity contribution in [1.29, 1.82) is 0 Å². The van der Waals surface area contributed by atoms with Crippen molar-refractivity contribution < 1.29 is 17.9 Å². The predicted octanol–water partition coefficient (Wildman–Crippen LogP) is 4.08. The number of likely N-dealkylation sites (tertiary alicyclic amines) is 1. The van der Waals surface area contributed by atoms with Crippen LogP contribution in [0.15, 0.2) is 54.6 Å². The summed E-state index contributed by atoms with van der Waals surface area (Å²) >= 11 is 0. The maximum Gasteiger partial charge on any atom is 0.355 e. The molecule has 4 heterocycles. The van der Waals surface area contributed by atoms with Crippen LogP contribution in [0.5, 0.6) is 0 Å². The zero-order chi connectivity index (χ0) is 30.7. The van der Waals surface area contributed by atoms with Crippen LogP contribution < -0.4 is 15.8 Å². The highest BCUT2D eigenvalue weighted by Crippen LogP contribution is 2.29. The average molecular weight is 619 g/mol. The Bertz CT molecular complexity index is 1740. The predicted molar refractivity (Wildman–Crippen MR) is 174 cm³/mol. The third kappa shape index (κ3) is 7.07. The Morgan fingerprint density at radius 2 is 1.91 bits per heavy atom. The molecule has 1 atom stereocenters. The molecule has 4 aromatic rings. The lowest BCUT2D eigenvalue weighted by molar-refractivity contribution is 0.0373. The molecule has 0 spiro atoms. The molecule has 11 heteroatoms. The van der Waals surface area contributed by atoms with Gasteiger partial charge in [-0.15, -0.1) is 0 Å². The first-order valence-corrected chi connectivity index (χ1v) is 17.2. The first-order chi connectivity index (χ1) is 21.3. The minimum absolute atomic E-state index is 0.0497. The maximum absolute atomic E-state index is 13.6. The topological polar surface area (TPSA) is 132 Å². The number of aromatic nitrogens is 2. The summed E-state index contributed by atoms with van der Waals surface area (Å²) in [6, 6.07) is 17.4. The number of nitrogens with two attached hydrogens (primary N) is 1. The third-order valence-corrected chi connectivity index (χ3v) is 10.3. The van der Waals surface area contributed by atoms with Gasteiger partial charge in [0.25, 0.3) is 0 Å². The number of hydrogen-bond donors (Lipinski definition) is 3. The number of hydrogen-bond acceptors (Lipinski definition) is 8. The summed E-state index contributed by atoms with van der Waals surface area (Å²) in [5, 5.41) is 6.05. The molecular formula is C33H42N6O4S. The van der Waals surface area contributed by atoms with Crippen molar-refractivity contribution in [2.75, 3.05) is 43.8 Å². The van der Waals surface area contributed by atoms with Crippen LogP contribution in [0, 0.1) is 5.92 Å². The molecule has 0 radical (unpaired) electrons. The first kappa shape index (κ1) is 30.5. The number of anilines is 1. The Balaban J connectivity index is 1.31. The van der Waals surface area contributed by atoms with Gasteiger partial charge in [0.1, 0.15) is 11.3 Å². The fourth-order valence-corrected chi connectivity index (χ4v) is 7.56. The summed E-state index contributed by atoms with van der Waals surface area (Å²) in [6.07, 6.45) is 4.65. The maximum atomic E-state index is 13.6. The minimum atomic E-state index is -3.56. The molecule has 2 aromatic heterocycles. The van der Waals surface area contributed by atoms with E-state index in [1.54, 1.807) is 0 Å². The zero-order valence-electron chi connectivity index (χ0n) is 25.3. The first-order valence-electron chi connectivity index (χ1n) is 15.6. The lowest BCUT2D eigenvalue weighted by Gasteiger charge is -2.28. The van der Waals surface area contributed by atoms with Crippen LogP contribution in [0.4, 0.5) is 5.69 Å². The zero-order valence-corrected chi connectivity index (χ0v) is 26.1. The Labute approximate surface area is 259 Å². The van der Waals surface area contributed by atoms with E-state index in [1.165, 1.54) is 0 Å². The minimum Gasteiger partial charge on any atom is -0.461 e. The molecule has 234 valence electrons. The van der Waals surface area contributed by atoms with Crippen molar-refractivity contribution in [2.45, 2.75) is 51.2 Å². The van der Waals surface area contributed by atoms with Crippen molar-refractivity contribution in [3.05, 3.63) is 71.5 Å². The summed E-state index contributed by atoms with van der Waals surface area (Å²) < 4.78 is 36.8. The summed E-state index contributed by atoms with van der Waals surface area (Å²) in [7, 11) is -1.44. The normalized spacial score (nSPS) is 18.3. The van der Waals surface area contributed by atoms with Crippen molar-refractivity contribution in [3.8, 4) is 0 Å². The Morgan fingerprint density at radius 3 is 2.68 bits per heavy atom. The number of benzene rings is 2. The van der Waals surface area contributed by atoms with Crippen LogP contribution >= 0.6 is 0 Å². The standard InChI is InChI=1S/C33H42N6O4S/c1-38-14-10-23(11-15-38)22-43-33(40)31-19-25-8-9-28(20-34)36-32(25)39(31)21-26-18-29(17-24-5-2-3-7-30(24)26)37-44(41,42)16-12-27-6-4-13-35-27/h2-3,5,7-9,17-19,23,27,35,37H,4,6,10-16,20-22,34H2,1H3/t27-/m0/s1. The number of esters is 1. The number of rotatable bonds is 11. The van der Waals surface area contributed by atoms with E-state index in [2.05, 4.69) is 22.0 Å². The van der Waals surface area contributed by atoms with Gasteiger partial charge in [-0.05, 0) is 111 Å². The van der Waals surface area contributed by atoms with Gasteiger partial charge in [0.2, 0.25) is 10.0 Å². The van der Waals surface area contributed by atoms with Gasteiger partial charge in [0.15, 0.2) is 0 Å². The highest BCUT2D eigenvalue weighted by atomic mass is 32.2. The SMILES string of the molecule is CN1CCC(COC(=O)c2cc3ccc(CN)nc3n2Cc2cc(NS(=O)(=O)CC[C@@H]3CCCN3)cc3ccccc23)CC1. The van der Waals surface area contributed by atoms with Crippen molar-refractivity contribution in [2.24, 2.45) is 11.7 Å². The van der Waals surface area contributed by atoms with Gasteiger partial charge in [0.05, 0.1) is 24.6 Å². The number of carbonyl (C=O) groups is 1. The second-order valence-electron chi connectivity index (χ2n) is 12.2. The van der Waals surface area contributed by atoms with Crippen LogP contribution in [-0.4, -0.2) is 73.9 Å². The molecule has 10 nitrogen and oxygen atoms in total. The van der Waals surface area contributed by atoms with Gasteiger partial charge >= 0.3 is 5.97 Å². The van der Waals surface area contributed by atoms with Crippen LogP contribution in [-0.2, 0) is 27.8 Å². The Hall–Kier alpha value is -3.51. The van der Waals surface area contributed by atoms with Gasteiger partial charge in [-0.1, -0.05) is 24.3 Å². The molecule has 2 aromatic carbocycles. The van der Waals surface area contributed by atoms with E-state index in [4.69, 9.17) is 15.5 Å². The smallest absolute Gasteiger partial charge is 0.355 e. The van der Waals surface area contributed by atoms with E-state index in [0.29, 0.717) is 48.2 Å². The van der Waals surface area contributed by atoms with Crippen LogP contribution in [0.25, 0.3) is 21.8 Å². The van der Waals surface area contributed by atoms with Crippen molar-refractivity contribution >= 4 is 43.5 Å². The molecule has 4 N–H and O–H groups in total. The number of sulfonamides is 1. The number of fused-ring (bicyclic) bond motifs is 2. The number of ether oxygens (including phenoxy) is 1. The summed E-state index contributed by atoms with van der Waals surface area (Å²) in [5.41, 5.74) is 9.05. The number of carbonyl (C=O) groups excluding carboxylic acids is 1. The molecule has 0 amide bonds. The molecular weight excluding hydrogens is 576 g/mol. The summed E-state index contributed by atoms with van der Waals surface area (Å²) in [4.78, 5) is 20.7. The Kier molecular flexibility index (Phi) is 9.18. The third-order valence-electron chi connectivity index (χ3n) is 8.95. The molecule has 6 rings (SSSR count). The monoisotopic (exact) mass is 618 g/mol. The molecule has 0 saturated carbocycles. The Morgan fingerprint density at radius 1 is 1.09 bits per heavy atom. The molecule has 2 fully saturated rings. The summed E-state index contributed by atoms with van der Waals surface area (Å²) in [6.45, 7) is 3.89. The number of nitrogens with one attached hydrogen (secondary N) is 2. The van der Waals surface area contributed by atoms with Gasteiger partial charge in [-0.3, -0.25) is 4.72 Å². The second kappa shape index (κ2) is 13.2. The van der Waals surface area contributed by atoms with Crippen LogP contribution in [0.3, 0.4) is 0 Å². The van der Waals surface area contributed by atoms with E-state index < -0.39 is 16.0 Å². The molecule has 0 bridgehead atoms.